The molecular weight excluding hydrogens is 438 g/mol. The van der Waals surface area contributed by atoms with Gasteiger partial charge in [0.1, 0.15) is 11.3 Å². The molecule has 8 heteroatoms. The van der Waals surface area contributed by atoms with Crippen LogP contribution in [0.3, 0.4) is 0 Å². The standard InChI is InChI=1S/C26H39NO7/c1-23(2,3)34-22(32)27-18(15-24(4,5)16-19(28)29)20(33-25(27,6)7)26(8,21(30)31)14-17-12-10-9-11-13-17/h9-13,18,20H,14-16H2,1-8H3,(H,28,29)(H,30,31)/t18-,20+,26+/m0/s1. The SMILES string of the molecule is CC(C)(CC(=O)O)C[C@H]1[C@H]([C@@](C)(Cc2ccccc2)C(=O)O)OC(C)(C)N1C(=O)OC(C)(C)C. The maximum absolute atomic E-state index is 13.4. The van der Waals surface area contributed by atoms with Crippen molar-refractivity contribution in [1.82, 2.24) is 4.90 Å². The van der Waals surface area contributed by atoms with Gasteiger partial charge in [-0.3, -0.25) is 14.5 Å². The van der Waals surface area contributed by atoms with Gasteiger partial charge in [0.25, 0.3) is 0 Å². The van der Waals surface area contributed by atoms with Crippen molar-refractivity contribution in [2.45, 2.75) is 98.1 Å². The highest BCUT2D eigenvalue weighted by Crippen LogP contribution is 2.47. The molecule has 2 rings (SSSR count). The summed E-state index contributed by atoms with van der Waals surface area (Å²) in [6.45, 7) is 13.9. The molecule has 3 atom stereocenters. The molecule has 2 N–H and O–H groups in total. The number of ether oxygens (including phenoxy) is 2. The minimum atomic E-state index is -1.39. The number of rotatable bonds is 8. The van der Waals surface area contributed by atoms with Gasteiger partial charge in [-0.1, -0.05) is 44.2 Å². The van der Waals surface area contributed by atoms with Crippen molar-refractivity contribution >= 4 is 18.0 Å². The Labute approximate surface area is 202 Å². The minimum Gasteiger partial charge on any atom is -0.481 e. The largest absolute Gasteiger partial charge is 0.481 e. The highest BCUT2D eigenvalue weighted by atomic mass is 16.6. The quantitative estimate of drug-likeness (QED) is 0.544. The average Bonchev–Trinajstić information content (AvgIpc) is 2.89. The van der Waals surface area contributed by atoms with Gasteiger partial charge in [-0.05, 0) is 65.4 Å². The van der Waals surface area contributed by atoms with Gasteiger partial charge in [0.2, 0.25) is 0 Å². The van der Waals surface area contributed by atoms with E-state index in [4.69, 9.17) is 9.47 Å². The highest BCUT2D eigenvalue weighted by Gasteiger charge is 2.60. The number of nitrogens with zero attached hydrogens (tertiary/aromatic N) is 1. The molecule has 0 saturated carbocycles. The monoisotopic (exact) mass is 477 g/mol. The summed E-state index contributed by atoms with van der Waals surface area (Å²) in [5, 5.41) is 19.8. The molecule has 1 fully saturated rings. The molecular formula is C26H39NO7. The normalized spacial score (nSPS) is 22.2. The van der Waals surface area contributed by atoms with E-state index in [2.05, 4.69) is 0 Å². The molecule has 1 aromatic rings. The first-order valence-corrected chi connectivity index (χ1v) is 11.6. The number of carboxylic acids is 2. The van der Waals surface area contributed by atoms with E-state index in [0.717, 1.165) is 5.56 Å². The maximum atomic E-state index is 13.4. The molecule has 0 unspecified atom stereocenters. The Morgan fingerprint density at radius 3 is 2.06 bits per heavy atom. The molecule has 1 heterocycles. The fraction of sp³-hybridized carbons (Fsp3) is 0.654. The molecule has 0 radical (unpaired) electrons. The number of carbonyl (C=O) groups is 3. The van der Waals surface area contributed by atoms with E-state index in [9.17, 15) is 24.6 Å². The van der Waals surface area contributed by atoms with Crippen LogP contribution in [0.25, 0.3) is 0 Å². The molecule has 0 aliphatic carbocycles. The van der Waals surface area contributed by atoms with Crippen LogP contribution in [0.15, 0.2) is 30.3 Å². The second kappa shape index (κ2) is 9.56. The summed E-state index contributed by atoms with van der Waals surface area (Å²) < 4.78 is 12.0. The Morgan fingerprint density at radius 1 is 1.03 bits per heavy atom. The number of benzene rings is 1. The van der Waals surface area contributed by atoms with Crippen LogP contribution in [0.5, 0.6) is 0 Å². The molecule has 1 aliphatic rings. The van der Waals surface area contributed by atoms with Gasteiger partial charge < -0.3 is 19.7 Å². The first kappa shape index (κ1) is 27.6. The van der Waals surface area contributed by atoms with Crippen LogP contribution in [-0.2, 0) is 25.5 Å². The topological polar surface area (TPSA) is 113 Å². The van der Waals surface area contributed by atoms with Crippen molar-refractivity contribution in [1.29, 1.82) is 0 Å². The second-order valence-corrected chi connectivity index (χ2v) is 11.7. The van der Waals surface area contributed by atoms with Crippen molar-refractivity contribution in [3.8, 4) is 0 Å². The summed E-state index contributed by atoms with van der Waals surface area (Å²) >= 11 is 0. The van der Waals surface area contributed by atoms with Crippen LogP contribution in [0.1, 0.15) is 73.8 Å². The minimum absolute atomic E-state index is 0.138. The highest BCUT2D eigenvalue weighted by molar-refractivity contribution is 5.77. The van der Waals surface area contributed by atoms with E-state index in [1.54, 1.807) is 55.4 Å². The van der Waals surface area contributed by atoms with Crippen LogP contribution in [0.2, 0.25) is 0 Å². The molecule has 0 bridgehead atoms. The second-order valence-electron chi connectivity index (χ2n) is 11.7. The van der Waals surface area contributed by atoms with Gasteiger partial charge in [-0.25, -0.2) is 4.79 Å². The lowest BCUT2D eigenvalue weighted by Crippen LogP contribution is -2.54. The van der Waals surface area contributed by atoms with Gasteiger partial charge in [-0.15, -0.1) is 0 Å². The fourth-order valence-electron chi connectivity index (χ4n) is 4.77. The van der Waals surface area contributed by atoms with Gasteiger partial charge in [-0.2, -0.15) is 0 Å². The van der Waals surface area contributed by atoms with Crippen molar-refractivity contribution in [2.24, 2.45) is 10.8 Å². The summed E-state index contributed by atoms with van der Waals surface area (Å²) in [6.07, 6.45) is -1.25. The lowest BCUT2D eigenvalue weighted by atomic mass is 9.71. The van der Waals surface area contributed by atoms with E-state index in [0.29, 0.717) is 0 Å². The van der Waals surface area contributed by atoms with Gasteiger partial charge in [0.05, 0.1) is 24.0 Å². The summed E-state index contributed by atoms with van der Waals surface area (Å²) in [7, 11) is 0. The van der Waals surface area contributed by atoms with E-state index in [1.165, 1.54) is 4.90 Å². The molecule has 34 heavy (non-hydrogen) atoms. The number of aliphatic carboxylic acids is 2. The Hall–Kier alpha value is -2.61. The Balaban J connectivity index is 2.59. The summed E-state index contributed by atoms with van der Waals surface area (Å²) in [6, 6.07) is 8.55. The number of hydrogen-bond acceptors (Lipinski definition) is 5. The Bertz CT molecular complexity index is 903. The van der Waals surface area contributed by atoms with Crippen molar-refractivity contribution in [3.63, 3.8) is 0 Å². The summed E-state index contributed by atoms with van der Waals surface area (Å²) in [5.74, 6) is -2.02. The van der Waals surface area contributed by atoms with Gasteiger partial charge in [0.15, 0.2) is 0 Å². The molecule has 1 aliphatic heterocycles. The van der Waals surface area contributed by atoms with E-state index in [1.807, 2.05) is 30.3 Å². The zero-order chi connectivity index (χ0) is 26.1. The Kier molecular flexibility index (Phi) is 7.77. The van der Waals surface area contributed by atoms with Crippen LogP contribution in [0, 0.1) is 10.8 Å². The molecule has 190 valence electrons. The van der Waals surface area contributed by atoms with Crippen LogP contribution >= 0.6 is 0 Å². The van der Waals surface area contributed by atoms with Gasteiger partial charge >= 0.3 is 18.0 Å². The van der Waals surface area contributed by atoms with Crippen molar-refractivity contribution < 1.29 is 34.1 Å². The predicted molar refractivity (Wildman–Crippen MR) is 127 cm³/mol. The predicted octanol–water partition coefficient (Wildman–Crippen LogP) is 4.95. The smallest absolute Gasteiger partial charge is 0.412 e. The molecule has 8 nitrogen and oxygen atoms in total. The van der Waals surface area contributed by atoms with E-state index in [-0.39, 0.29) is 19.3 Å². The molecule has 0 spiro atoms. The Morgan fingerprint density at radius 2 is 1.59 bits per heavy atom. The lowest BCUT2D eigenvalue weighted by Gasteiger charge is -2.39. The molecule has 0 aromatic heterocycles. The summed E-state index contributed by atoms with van der Waals surface area (Å²) in [4.78, 5) is 39.0. The van der Waals surface area contributed by atoms with Crippen molar-refractivity contribution in [2.75, 3.05) is 0 Å². The number of carbonyl (C=O) groups excluding carboxylic acids is 1. The average molecular weight is 478 g/mol. The lowest BCUT2D eigenvalue weighted by molar-refractivity contribution is -0.163. The van der Waals surface area contributed by atoms with Crippen LogP contribution in [0.4, 0.5) is 4.79 Å². The van der Waals surface area contributed by atoms with Gasteiger partial charge in [0, 0.05) is 0 Å². The van der Waals surface area contributed by atoms with Crippen LogP contribution in [-0.4, -0.2) is 56.6 Å². The zero-order valence-corrected chi connectivity index (χ0v) is 21.5. The first-order valence-electron chi connectivity index (χ1n) is 11.6. The third-order valence-electron chi connectivity index (χ3n) is 6.19. The fourth-order valence-corrected chi connectivity index (χ4v) is 4.77. The third-order valence-corrected chi connectivity index (χ3v) is 6.19. The third kappa shape index (κ3) is 6.50. The van der Waals surface area contributed by atoms with Crippen molar-refractivity contribution in [3.05, 3.63) is 35.9 Å². The molecule has 1 saturated heterocycles. The number of carboxylic acid groups (broad SMARTS) is 2. The number of amides is 1. The summed E-state index contributed by atoms with van der Waals surface area (Å²) in [5.41, 5.74) is -3.23. The molecule has 1 aromatic carbocycles. The zero-order valence-electron chi connectivity index (χ0n) is 21.5. The maximum Gasteiger partial charge on any atom is 0.412 e. The number of hydrogen-bond donors (Lipinski definition) is 2. The van der Waals surface area contributed by atoms with Crippen LogP contribution < -0.4 is 0 Å². The first-order chi connectivity index (χ1) is 15.4. The van der Waals surface area contributed by atoms with E-state index >= 15 is 0 Å². The molecule has 1 amide bonds. The van der Waals surface area contributed by atoms with E-state index < -0.39 is 52.3 Å².